The van der Waals surface area contributed by atoms with Gasteiger partial charge in [0.1, 0.15) is 0 Å². The summed E-state index contributed by atoms with van der Waals surface area (Å²) in [6.07, 6.45) is 4.01. The number of rotatable bonds is 3. The van der Waals surface area contributed by atoms with E-state index in [1.54, 1.807) is 18.5 Å². The fraction of sp³-hybridized carbons (Fsp3) is 0.0769. The number of para-hydroxylation sites is 1. The molecule has 80 valence electrons. The lowest BCUT2D eigenvalue weighted by Gasteiger charge is -2.10. The van der Waals surface area contributed by atoms with E-state index in [0.717, 1.165) is 23.2 Å². The lowest BCUT2D eigenvalue weighted by molar-refractivity contribution is 0.112. The van der Waals surface area contributed by atoms with Crippen molar-refractivity contribution in [3.8, 4) is 0 Å². The van der Waals surface area contributed by atoms with Gasteiger partial charge >= 0.3 is 0 Å². The van der Waals surface area contributed by atoms with Gasteiger partial charge < -0.3 is 5.32 Å². The summed E-state index contributed by atoms with van der Waals surface area (Å²) in [5, 5.41) is 3.22. The van der Waals surface area contributed by atoms with Gasteiger partial charge in [-0.15, -0.1) is 0 Å². The number of aromatic nitrogens is 1. The highest BCUT2D eigenvalue weighted by Gasteiger charge is 2.02. The number of carbonyl (C=O) groups excluding carboxylic acids is 1. The zero-order valence-corrected chi connectivity index (χ0v) is 8.97. The van der Waals surface area contributed by atoms with Gasteiger partial charge in [0, 0.05) is 18.1 Å². The molecule has 0 unspecified atom stereocenters. The van der Waals surface area contributed by atoms with E-state index >= 15 is 0 Å². The lowest BCUT2D eigenvalue weighted by Crippen LogP contribution is -1.97. The molecule has 0 aliphatic heterocycles. The first-order valence-electron chi connectivity index (χ1n) is 5.03. The molecule has 0 aliphatic carbocycles. The van der Waals surface area contributed by atoms with E-state index in [0.29, 0.717) is 5.56 Å². The average molecular weight is 212 g/mol. The van der Waals surface area contributed by atoms with Crippen molar-refractivity contribution < 1.29 is 4.79 Å². The summed E-state index contributed by atoms with van der Waals surface area (Å²) in [6, 6.07) is 9.72. The predicted molar refractivity (Wildman–Crippen MR) is 64.1 cm³/mol. The van der Waals surface area contributed by atoms with E-state index in [-0.39, 0.29) is 0 Å². The SMILES string of the molecule is Cc1ccccc1Nc1ccncc1C=O. The van der Waals surface area contributed by atoms with Gasteiger partial charge in [0.05, 0.1) is 11.3 Å². The molecule has 2 rings (SSSR count). The zero-order chi connectivity index (χ0) is 11.4. The Hall–Kier alpha value is -2.16. The Morgan fingerprint density at radius 2 is 2.00 bits per heavy atom. The number of nitrogens with one attached hydrogen (secondary N) is 1. The maximum absolute atomic E-state index is 10.8. The molecule has 1 N–H and O–H groups in total. The molecule has 1 aromatic heterocycles. The second-order valence-corrected chi connectivity index (χ2v) is 3.52. The molecular weight excluding hydrogens is 200 g/mol. The number of aryl methyl sites for hydroxylation is 1. The molecule has 0 saturated carbocycles. The summed E-state index contributed by atoms with van der Waals surface area (Å²) in [4.78, 5) is 14.7. The Morgan fingerprint density at radius 3 is 2.75 bits per heavy atom. The molecule has 16 heavy (non-hydrogen) atoms. The van der Waals surface area contributed by atoms with E-state index in [1.165, 1.54) is 0 Å². The first kappa shape index (κ1) is 10.4. The van der Waals surface area contributed by atoms with Gasteiger partial charge in [-0.1, -0.05) is 18.2 Å². The monoisotopic (exact) mass is 212 g/mol. The first-order valence-corrected chi connectivity index (χ1v) is 5.03. The number of anilines is 2. The maximum Gasteiger partial charge on any atom is 0.153 e. The van der Waals surface area contributed by atoms with Gasteiger partial charge in [-0.25, -0.2) is 0 Å². The van der Waals surface area contributed by atoms with Crippen molar-refractivity contribution in [1.29, 1.82) is 0 Å². The van der Waals surface area contributed by atoms with Crippen molar-refractivity contribution in [2.45, 2.75) is 6.92 Å². The summed E-state index contributed by atoms with van der Waals surface area (Å²) in [5.74, 6) is 0. The van der Waals surface area contributed by atoms with Crippen LogP contribution in [0, 0.1) is 6.92 Å². The molecule has 0 atom stereocenters. The van der Waals surface area contributed by atoms with E-state index in [1.807, 2.05) is 31.2 Å². The summed E-state index contributed by atoms with van der Waals surface area (Å²) < 4.78 is 0. The maximum atomic E-state index is 10.8. The molecule has 0 fully saturated rings. The number of carbonyl (C=O) groups is 1. The van der Waals surface area contributed by atoms with Crippen LogP contribution in [0.3, 0.4) is 0 Å². The smallest absolute Gasteiger partial charge is 0.153 e. The summed E-state index contributed by atoms with van der Waals surface area (Å²) in [7, 11) is 0. The van der Waals surface area contributed by atoms with Crippen LogP contribution in [0.4, 0.5) is 11.4 Å². The fourth-order valence-corrected chi connectivity index (χ4v) is 1.47. The molecule has 0 aliphatic rings. The third kappa shape index (κ3) is 2.08. The van der Waals surface area contributed by atoms with Crippen LogP contribution < -0.4 is 5.32 Å². The molecular formula is C13H12N2O. The van der Waals surface area contributed by atoms with E-state index in [4.69, 9.17) is 0 Å². The standard InChI is InChI=1S/C13H12N2O/c1-10-4-2-3-5-12(10)15-13-6-7-14-8-11(13)9-16/h2-9H,1H3,(H,14,15). The second kappa shape index (κ2) is 4.57. The molecule has 3 nitrogen and oxygen atoms in total. The molecule has 2 aromatic rings. The Labute approximate surface area is 94.1 Å². The van der Waals surface area contributed by atoms with Crippen molar-refractivity contribution in [3.63, 3.8) is 0 Å². The van der Waals surface area contributed by atoms with Crippen molar-refractivity contribution >= 4 is 17.7 Å². The molecule has 0 bridgehead atoms. The van der Waals surface area contributed by atoms with Gasteiger partial charge in [-0.2, -0.15) is 0 Å². The molecule has 0 radical (unpaired) electrons. The Kier molecular flexibility index (Phi) is 2.96. The van der Waals surface area contributed by atoms with Crippen molar-refractivity contribution in [3.05, 3.63) is 53.9 Å². The van der Waals surface area contributed by atoms with E-state index in [2.05, 4.69) is 10.3 Å². The van der Waals surface area contributed by atoms with Crippen LogP contribution in [-0.4, -0.2) is 11.3 Å². The van der Waals surface area contributed by atoms with Gasteiger partial charge in [0.25, 0.3) is 0 Å². The minimum atomic E-state index is 0.561. The third-order valence-corrected chi connectivity index (χ3v) is 2.39. The Balaban J connectivity index is 2.34. The largest absolute Gasteiger partial charge is 0.355 e. The summed E-state index contributed by atoms with van der Waals surface area (Å²) in [5.41, 5.74) is 3.47. The number of aldehydes is 1. The first-order chi connectivity index (χ1) is 7.81. The normalized spacial score (nSPS) is 9.81. The van der Waals surface area contributed by atoms with Gasteiger partial charge in [-0.05, 0) is 24.6 Å². The number of hydrogen-bond acceptors (Lipinski definition) is 3. The molecule has 0 spiro atoms. The number of nitrogens with zero attached hydrogens (tertiary/aromatic N) is 1. The molecule has 0 amide bonds. The van der Waals surface area contributed by atoms with Crippen molar-refractivity contribution in [1.82, 2.24) is 4.98 Å². The second-order valence-electron chi connectivity index (χ2n) is 3.52. The minimum Gasteiger partial charge on any atom is -0.355 e. The lowest BCUT2D eigenvalue weighted by atomic mass is 10.2. The molecule has 3 heteroatoms. The summed E-state index contributed by atoms with van der Waals surface area (Å²) >= 11 is 0. The van der Waals surface area contributed by atoms with Crippen molar-refractivity contribution in [2.75, 3.05) is 5.32 Å². The van der Waals surface area contributed by atoms with Gasteiger partial charge in [0.2, 0.25) is 0 Å². The molecule has 1 aromatic carbocycles. The third-order valence-electron chi connectivity index (χ3n) is 2.39. The Morgan fingerprint density at radius 1 is 1.19 bits per heavy atom. The van der Waals surface area contributed by atoms with E-state index < -0.39 is 0 Å². The minimum absolute atomic E-state index is 0.561. The van der Waals surface area contributed by atoms with Crippen LogP contribution in [-0.2, 0) is 0 Å². The average Bonchev–Trinajstić information content (AvgIpc) is 2.33. The quantitative estimate of drug-likeness (QED) is 0.795. The highest BCUT2D eigenvalue weighted by molar-refractivity contribution is 5.85. The van der Waals surface area contributed by atoms with Crippen LogP contribution >= 0.6 is 0 Å². The molecule has 0 saturated heterocycles. The highest BCUT2D eigenvalue weighted by Crippen LogP contribution is 2.21. The predicted octanol–water partition coefficient (Wildman–Crippen LogP) is 2.95. The highest BCUT2D eigenvalue weighted by atomic mass is 16.1. The van der Waals surface area contributed by atoms with Gasteiger partial charge in [-0.3, -0.25) is 9.78 Å². The van der Waals surface area contributed by atoms with Crippen LogP contribution in [0.1, 0.15) is 15.9 Å². The van der Waals surface area contributed by atoms with Crippen LogP contribution in [0.25, 0.3) is 0 Å². The Bertz CT molecular complexity index is 509. The van der Waals surface area contributed by atoms with Crippen molar-refractivity contribution in [2.24, 2.45) is 0 Å². The fourth-order valence-electron chi connectivity index (χ4n) is 1.47. The topological polar surface area (TPSA) is 42.0 Å². The molecule has 1 heterocycles. The van der Waals surface area contributed by atoms with Crippen LogP contribution in [0.5, 0.6) is 0 Å². The zero-order valence-electron chi connectivity index (χ0n) is 8.97. The number of pyridine rings is 1. The number of benzene rings is 1. The van der Waals surface area contributed by atoms with E-state index in [9.17, 15) is 4.79 Å². The summed E-state index contributed by atoms with van der Waals surface area (Å²) in [6.45, 7) is 2.02. The van der Waals surface area contributed by atoms with Crippen LogP contribution in [0.2, 0.25) is 0 Å². The number of hydrogen-bond donors (Lipinski definition) is 1. The van der Waals surface area contributed by atoms with Gasteiger partial charge in [0.15, 0.2) is 6.29 Å². The van der Waals surface area contributed by atoms with Crippen LogP contribution in [0.15, 0.2) is 42.7 Å².